The predicted molar refractivity (Wildman–Crippen MR) is 88.4 cm³/mol. The summed E-state index contributed by atoms with van der Waals surface area (Å²) in [5.41, 5.74) is 7.28. The number of hydrogen-bond donors (Lipinski definition) is 1. The van der Waals surface area contributed by atoms with Crippen LogP contribution in [0, 0.1) is 5.92 Å². The number of nitrogens with zero attached hydrogens (tertiary/aromatic N) is 1. The molecule has 0 amide bonds. The first-order valence-electron chi connectivity index (χ1n) is 7.32. The van der Waals surface area contributed by atoms with E-state index in [-0.39, 0.29) is 18.4 Å². The van der Waals surface area contributed by atoms with Gasteiger partial charge in [0.15, 0.2) is 0 Å². The van der Waals surface area contributed by atoms with E-state index >= 15 is 0 Å². The summed E-state index contributed by atoms with van der Waals surface area (Å²) in [6.07, 6.45) is 2.48. The third kappa shape index (κ3) is 5.06. The predicted octanol–water partition coefficient (Wildman–Crippen LogP) is 2.68. The van der Waals surface area contributed by atoms with E-state index in [0.717, 1.165) is 31.1 Å². The normalized spacial score (nSPS) is 20.5. The van der Waals surface area contributed by atoms with Gasteiger partial charge in [-0.15, -0.1) is 12.4 Å². The Kier molecular flexibility index (Phi) is 7.29. The van der Waals surface area contributed by atoms with Crippen molar-refractivity contribution in [2.75, 3.05) is 27.3 Å². The lowest BCUT2D eigenvalue weighted by Gasteiger charge is -2.34. The van der Waals surface area contributed by atoms with Crippen molar-refractivity contribution in [1.82, 2.24) is 4.90 Å². The molecule has 1 saturated heterocycles. The molecule has 1 fully saturated rings. The summed E-state index contributed by atoms with van der Waals surface area (Å²) in [4.78, 5) is 2.48. The average molecular weight is 315 g/mol. The Hall–Kier alpha value is -0.970. The Morgan fingerprint density at radius 3 is 2.38 bits per heavy atom. The van der Waals surface area contributed by atoms with Crippen molar-refractivity contribution in [3.8, 4) is 11.5 Å². The highest BCUT2D eigenvalue weighted by Crippen LogP contribution is 2.25. The molecule has 2 N–H and O–H groups in total. The third-order valence-electron chi connectivity index (χ3n) is 4.10. The van der Waals surface area contributed by atoms with E-state index in [1.807, 2.05) is 6.07 Å². The Labute approximate surface area is 134 Å². The second kappa shape index (κ2) is 8.47. The van der Waals surface area contributed by atoms with Crippen LogP contribution < -0.4 is 15.2 Å². The van der Waals surface area contributed by atoms with Crippen LogP contribution in [0.1, 0.15) is 25.3 Å². The Morgan fingerprint density at radius 1 is 1.24 bits per heavy atom. The van der Waals surface area contributed by atoms with Crippen LogP contribution in [-0.4, -0.2) is 38.3 Å². The molecule has 2 atom stereocenters. The number of benzene rings is 1. The fourth-order valence-corrected chi connectivity index (χ4v) is 2.88. The number of halogens is 1. The van der Waals surface area contributed by atoms with Gasteiger partial charge in [-0.3, -0.25) is 4.90 Å². The van der Waals surface area contributed by atoms with Gasteiger partial charge < -0.3 is 15.2 Å². The number of ether oxygens (including phenoxy) is 2. The zero-order valence-electron chi connectivity index (χ0n) is 13.2. The molecule has 0 bridgehead atoms. The summed E-state index contributed by atoms with van der Waals surface area (Å²) >= 11 is 0. The smallest absolute Gasteiger partial charge is 0.122 e. The Morgan fingerprint density at radius 2 is 1.86 bits per heavy atom. The van der Waals surface area contributed by atoms with Crippen LogP contribution in [0.25, 0.3) is 0 Å². The van der Waals surface area contributed by atoms with Gasteiger partial charge in [0.2, 0.25) is 0 Å². The van der Waals surface area contributed by atoms with Crippen LogP contribution in [0.4, 0.5) is 0 Å². The first-order valence-corrected chi connectivity index (χ1v) is 7.32. The molecule has 1 aliphatic heterocycles. The summed E-state index contributed by atoms with van der Waals surface area (Å²) in [7, 11) is 3.37. The molecule has 0 saturated carbocycles. The minimum absolute atomic E-state index is 0. The van der Waals surface area contributed by atoms with Crippen molar-refractivity contribution in [1.29, 1.82) is 0 Å². The molecule has 1 heterocycles. The van der Waals surface area contributed by atoms with Crippen molar-refractivity contribution in [3.05, 3.63) is 23.8 Å². The monoisotopic (exact) mass is 314 g/mol. The molecule has 120 valence electrons. The topological polar surface area (TPSA) is 47.7 Å². The molecule has 2 rings (SSSR count). The zero-order chi connectivity index (χ0) is 14.5. The summed E-state index contributed by atoms with van der Waals surface area (Å²) in [5, 5.41) is 0. The number of methoxy groups -OCH3 is 2. The zero-order valence-corrected chi connectivity index (χ0v) is 14.0. The summed E-state index contributed by atoms with van der Waals surface area (Å²) in [5.74, 6) is 2.30. The highest BCUT2D eigenvalue weighted by atomic mass is 35.5. The van der Waals surface area contributed by atoms with Crippen LogP contribution in [0.5, 0.6) is 11.5 Å². The lowest BCUT2D eigenvalue weighted by molar-refractivity contribution is 0.154. The molecule has 2 unspecified atom stereocenters. The summed E-state index contributed by atoms with van der Waals surface area (Å²) < 4.78 is 10.7. The molecule has 0 spiro atoms. The fourth-order valence-electron chi connectivity index (χ4n) is 2.88. The number of likely N-dealkylation sites (tertiary alicyclic amines) is 1. The van der Waals surface area contributed by atoms with Gasteiger partial charge in [0.25, 0.3) is 0 Å². The van der Waals surface area contributed by atoms with Gasteiger partial charge in [-0.1, -0.05) is 0 Å². The molecule has 1 aliphatic rings. The SMILES string of the molecule is COc1cc(CN2CCCC(C(C)N)C2)cc(OC)c1.Cl. The number of hydrogen-bond acceptors (Lipinski definition) is 4. The quantitative estimate of drug-likeness (QED) is 0.908. The fraction of sp³-hybridized carbons (Fsp3) is 0.625. The lowest BCUT2D eigenvalue weighted by Crippen LogP contribution is -2.41. The second-order valence-corrected chi connectivity index (χ2v) is 5.72. The molecule has 0 aromatic heterocycles. The van der Waals surface area contributed by atoms with Gasteiger partial charge in [-0.05, 0) is 49.9 Å². The standard InChI is InChI=1S/C16H26N2O2.ClH/c1-12(17)14-5-4-6-18(11-14)10-13-7-15(19-2)9-16(8-13)20-3;/h7-9,12,14H,4-6,10-11,17H2,1-3H3;1H. The lowest BCUT2D eigenvalue weighted by atomic mass is 9.92. The number of piperidine rings is 1. The van der Waals surface area contributed by atoms with Crippen molar-refractivity contribution >= 4 is 12.4 Å². The third-order valence-corrected chi connectivity index (χ3v) is 4.10. The second-order valence-electron chi connectivity index (χ2n) is 5.72. The van der Waals surface area contributed by atoms with Gasteiger partial charge in [0, 0.05) is 25.2 Å². The van der Waals surface area contributed by atoms with Gasteiger partial charge in [-0.25, -0.2) is 0 Å². The molecular formula is C16H27ClN2O2. The van der Waals surface area contributed by atoms with E-state index in [1.165, 1.54) is 18.4 Å². The maximum absolute atomic E-state index is 6.05. The maximum atomic E-state index is 6.05. The first-order chi connectivity index (χ1) is 9.62. The van der Waals surface area contributed by atoms with Crippen molar-refractivity contribution in [2.45, 2.75) is 32.4 Å². The van der Waals surface area contributed by atoms with Gasteiger partial charge >= 0.3 is 0 Å². The van der Waals surface area contributed by atoms with E-state index < -0.39 is 0 Å². The molecule has 0 radical (unpaired) electrons. The van der Waals surface area contributed by atoms with E-state index in [0.29, 0.717) is 5.92 Å². The molecule has 5 heteroatoms. The number of nitrogens with two attached hydrogens (primary N) is 1. The average Bonchev–Trinajstić information content (AvgIpc) is 2.47. The van der Waals surface area contributed by atoms with Crippen molar-refractivity contribution in [2.24, 2.45) is 11.7 Å². The van der Waals surface area contributed by atoms with Crippen molar-refractivity contribution in [3.63, 3.8) is 0 Å². The molecular weight excluding hydrogens is 288 g/mol. The van der Waals surface area contributed by atoms with E-state index in [1.54, 1.807) is 14.2 Å². The molecule has 1 aromatic carbocycles. The molecule has 4 nitrogen and oxygen atoms in total. The summed E-state index contributed by atoms with van der Waals surface area (Å²) in [6.45, 7) is 5.26. The first kappa shape index (κ1) is 18.1. The maximum Gasteiger partial charge on any atom is 0.122 e. The highest BCUT2D eigenvalue weighted by molar-refractivity contribution is 5.85. The van der Waals surface area contributed by atoms with Crippen LogP contribution >= 0.6 is 12.4 Å². The van der Waals surface area contributed by atoms with Gasteiger partial charge in [0.1, 0.15) is 11.5 Å². The number of rotatable bonds is 5. The Balaban J connectivity index is 0.00000220. The largest absolute Gasteiger partial charge is 0.497 e. The van der Waals surface area contributed by atoms with Crippen molar-refractivity contribution < 1.29 is 9.47 Å². The van der Waals surface area contributed by atoms with Crippen LogP contribution in [0.3, 0.4) is 0 Å². The molecule has 21 heavy (non-hydrogen) atoms. The summed E-state index contributed by atoms with van der Waals surface area (Å²) in [6, 6.07) is 6.35. The van der Waals surface area contributed by atoms with Crippen LogP contribution in [0.2, 0.25) is 0 Å². The molecule has 0 aliphatic carbocycles. The molecule has 1 aromatic rings. The minimum Gasteiger partial charge on any atom is -0.497 e. The van der Waals surface area contributed by atoms with Gasteiger partial charge in [-0.2, -0.15) is 0 Å². The van der Waals surface area contributed by atoms with Gasteiger partial charge in [0.05, 0.1) is 14.2 Å². The van der Waals surface area contributed by atoms with E-state index in [9.17, 15) is 0 Å². The van der Waals surface area contributed by atoms with Crippen LogP contribution in [-0.2, 0) is 6.54 Å². The highest BCUT2D eigenvalue weighted by Gasteiger charge is 2.22. The van der Waals surface area contributed by atoms with E-state index in [4.69, 9.17) is 15.2 Å². The van der Waals surface area contributed by atoms with Crippen LogP contribution in [0.15, 0.2) is 18.2 Å². The minimum atomic E-state index is 0. The van der Waals surface area contributed by atoms with E-state index in [2.05, 4.69) is 24.0 Å². The Bertz CT molecular complexity index is 418.